The van der Waals surface area contributed by atoms with Crippen molar-refractivity contribution >= 4 is 17.6 Å². The molecule has 2 N–H and O–H groups in total. The van der Waals surface area contributed by atoms with Crippen LogP contribution in [0.2, 0.25) is 0 Å². The third kappa shape index (κ3) is 4.05. The number of anilines is 1. The molecule has 0 saturated carbocycles. The Bertz CT molecular complexity index is 838. The Morgan fingerprint density at radius 3 is 2.78 bits per heavy atom. The fourth-order valence-electron chi connectivity index (χ4n) is 3.63. The summed E-state index contributed by atoms with van der Waals surface area (Å²) < 4.78 is 5.50. The number of rotatable bonds is 5. The summed E-state index contributed by atoms with van der Waals surface area (Å²) in [6.07, 6.45) is 2.32. The van der Waals surface area contributed by atoms with E-state index in [9.17, 15) is 9.59 Å². The van der Waals surface area contributed by atoms with Gasteiger partial charge in [-0.2, -0.15) is 0 Å². The Kier molecular flexibility index (Phi) is 4.96. The summed E-state index contributed by atoms with van der Waals surface area (Å²) in [5, 5.41) is 5.92. The molecule has 1 fully saturated rings. The number of fused-ring (bicyclic) bond motifs is 1. The second kappa shape index (κ2) is 7.70. The van der Waals surface area contributed by atoms with Gasteiger partial charge in [-0.25, -0.2) is 4.79 Å². The van der Waals surface area contributed by atoms with Crippen molar-refractivity contribution in [3.05, 3.63) is 59.7 Å². The number of carbonyl (C=O) groups is 2. The number of nitrogens with zero attached hydrogens (tertiary/aromatic N) is 1. The first-order valence-corrected chi connectivity index (χ1v) is 9.35. The van der Waals surface area contributed by atoms with Gasteiger partial charge in [0.1, 0.15) is 5.75 Å². The van der Waals surface area contributed by atoms with Crippen molar-refractivity contribution in [1.29, 1.82) is 0 Å². The van der Waals surface area contributed by atoms with E-state index in [0.29, 0.717) is 19.6 Å². The van der Waals surface area contributed by atoms with Gasteiger partial charge < -0.3 is 20.3 Å². The number of nitrogens with one attached hydrogen (secondary N) is 2. The minimum absolute atomic E-state index is 0.150. The van der Waals surface area contributed by atoms with Gasteiger partial charge in [0.15, 0.2) is 0 Å². The molecule has 1 saturated heterocycles. The molecule has 140 valence electrons. The van der Waals surface area contributed by atoms with E-state index in [0.717, 1.165) is 42.0 Å². The average molecular weight is 365 g/mol. The molecule has 6 nitrogen and oxygen atoms in total. The summed E-state index contributed by atoms with van der Waals surface area (Å²) in [7, 11) is 0. The topological polar surface area (TPSA) is 70.7 Å². The van der Waals surface area contributed by atoms with Gasteiger partial charge in [0.2, 0.25) is 5.91 Å². The van der Waals surface area contributed by atoms with Crippen LogP contribution < -0.4 is 15.4 Å². The highest BCUT2D eigenvalue weighted by Crippen LogP contribution is 2.28. The Balaban J connectivity index is 1.45. The van der Waals surface area contributed by atoms with Crippen LogP contribution >= 0.6 is 0 Å². The van der Waals surface area contributed by atoms with Gasteiger partial charge in [-0.15, -0.1) is 0 Å². The summed E-state index contributed by atoms with van der Waals surface area (Å²) >= 11 is 0. The minimum Gasteiger partial charge on any atom is -0.493 e. The molecule has 0 bridgehead atoms. The van der Waals surface area contributed by atoms with Crippen molar-refractivity contribution in [2.24, 2.45) is 0 Å². The molecule has 0 aromatic heterocycles. The summed E-state index contributed by atoms with van der Waals surface area (Å²) in [5.41, 5.74) is 2.82. The van der Waals surface area contributed by atoms with E-state index in [4.69, 9.17) is 4.74 Å². The number of benzene rings is 2. The van der Waals surface area contributed by atoms with Crippen molar-refractivity contribution in [2.45, 2.75) is 25.3 Å². The molecule has 2 aliphatic rings. The van der Waals surface area contributed by atoms with Crippen molar-refractivity contribution < 1.29 is 14.3 Å². The predicted octanol–water partition coefficient (Wildman–Crippen LogP) is 3.11. The Hall–Kier alpha value is -3.02. The smallest absolute Gasteiger partial charge is 0.319 e. The molecular formula is C21H23N3O3. The number of likely N-dealkylation sites (tertiary alicyclic amines) is 1. The summed E-state index contributed by atoms with van der Waals surface area (Å²) in [6.45, 7) is 1.91. The molecule has 0 spiro atoms. The van der Waals surface area contributed by atoms with Crippen LogP contribution in [-0.4, -0.2) is 36.5 Å². The lowest BCUT2D eigenvalue weighted by atomic mass is 10.1. The van der Waals surface area contributed by atoms with Crippen LogP contribution in [0.15, 0.2) is 48.5 Å². The SMILES string of the molecule is O=C(Nc1ccc2c(c1)CCO2)NC(CN1CCCC1=O)c1ccccc1. The zero-order valence-electron chi connectivity index (χ0n) is 15.1. The number of carbonyl (C=O) groups excluding carboxylic acids is 2. The molecule has 0 aliphatic carbocycles. The van der Waals surface area contributed by atoms with Gasteiger partial charge in [0.25, 0.3) is 0 Å². The standard InChI is InChI=1S/C21H23N3O3/c25-20-7-4-11-24(20)14-18(15-5-2-1-3-6-15)23-21(26)22-17-8-9-19-16(13-17)10-12-27-19/h1-3,5-6,8-9,13,18H,4,7,10-12,14H2,(H2,22,23,26). The van der Waals surface area contributed by atoms with E-state index in [2.05, 4.69) is 10.6 Å². The van der Waals surface area contributed by atoms with Gasteiger partial charge in [-0.05, 0) is 35.7 Å². The summed E-state index contributed by atoms with van der Waals surface area (Å²) in [6, 6.07) is 14.9. The number of amides is 3. The first-order valence-electron chi connectivity index (χ1n) is 9.35. The van der Waals surface area contributed by atoms with Gasteiger partial charge in [-0.3, -0.25) is 4.79 Å². The second-order valence-electron chi connectivity index (χ2n) is 6.93. The lowest BCUT2D eigenvalue weighted by Gasteiger charge is -2.25. The zero-order chi connectivity index (χ0) is 18.6. The zero-order valence-corrected chi connectivity index (χ0v) is 15.1. The second-order valence-corrected chi connectivity index (χ2v) is 6.93. The normalized spacial score (nSPS) is 16.6. The van der Waals surface area contributed by atoms with Gasteiger partial charge >= 0.3 is 6.03 Å². The van der Waals surface area contributed by atoms with Crippen molar-refractivity contribution in [2.75, 3.05) is 25.0 Å². The Morgan fingerprint density at radius 1 is 1.15 bits per heavy atom. The van der Waals surface area contributed by atoms with Crippen LogP contribution in [0.5, 0.6) is 5.75 Å². The number of urea groups is 1. The Morgan fingerprint density at radius 2 is 2.00 bits per heavy atom. The van der Waals surface area contributed by atoms with E-state index >= 15 is 0 Å². The quantitative estimate of drug-likeness (QED) is 0.855. The van der Waals surface area contributed by atoms with E-state index in [1.54, 1.807) is 0 Å². The molecule has 1 atom stereocenters. The molecule has 2 aromatic rings. The number of hydrogen-bond donors (Lipinski definition) is 2. The molecule has 6 heteroatoms. The van der Waals surface area contributed by atoms with Crippen LogP contribution in [-0.2, 0) is 11.2 Å². The van der Waals surface area contributed by atoms with E-state index in [-0.39, 0.29) is 18.0 Å². The van der Waals surface area contributed by atoms with Crippen molar-refractivity contribution in [3.63, 3.8) is 0 Å². The third-order valence-electron chi connectivity index (χ3n) is 5.03. The monoisotopic (exact) mass is 365 g/mol. The lowest BCUT2D eigenvalue weighted by Crippen LogP contribution is -2.40. The van der Waals surface area contributed by atoms with Crippen LogP contribution in [0.25, 0.3) is 0 Å². The van der Waals surface area contributed by atoms with E-state index in [1.165, 1.54) is 0 Å². The summed E-state index contributed by atoms with van der Waals surface area (Å²) in [5.74, 6) is 1.03. The van der Waals surface area contributed by atoms with Crippen LogP contribution in [0.1, 0.15) is 30.0 Å². The average Bonchev–Trinajstić information content (AvgIpc) is 3.30. The molecule has 2 heterocycles. The first kappa shape index (κ1) is 17.4. The lowest BCUT2D eigenvalue weighted by molar-refractivity contribution is -0.128. The minimum atomic E-state index is -0.283. The van der Waals surface area contributed by atoms with E-state index in [1.807, 2.05) is 53.4 Å². The molecule has 2 aliphatic heterocycles. The molecule has 0 radical (unpaired) electrons. The maximum Gasteiger partial charge on any atom is 0.319 e. The highest BCUT2D eigenvalue weighted by molar-refractivity contribution is 5.90. The highest BCUT2D eigenvalue weighted by atomic mass is 16.5. The van der Waals surface area contributed by atoms with E-state index < -0.39 is 0 Å². The van der Waals surface area contributed by atoms with Crippen LogP contribution in [0.3, 0.4) is 0 Å². The first-order chi connectivity index (χ1) is 13.2. The van der Waals surface area contributed by atoms with Gasteiger partial charge in [-0.1, -0.05) is 30.3 Å². The molecule has 4 rings (SSSR count). The molecular weight excluding hydrogens is 342 g/mol. The van der Waals surface area contributed by atoms with Crippen molar-refractivity contribution in [3.8, 4) is 5.75 Å². The van der Waals surface area contributed by atoms with Crippen LogP contribution in [0.4, 0.5) is 10.5 Å². The molecule has 27 heavy (non-hydrogen) atoms. The van der Waals surface area contributed by atoms with Crippen LogP contribution in [0, 0.1) is 0 Å². The number of hydrogen-bond acceptors (Lipinski definition) is 3. The van der Waals surface area contributed by atoms with Gasteiger partial charge in [0.05, 0.1) is 12.6 Å². The molecule has 2 aromatic carbocycles. The fraction of sp³-hybridized carbons (Fsp3) is 0.333. The largest absolute Gasteiger partial charge is 0.493 e. The van der Waals surface area contributed by atoms with Gasteiger partial charge in [0, 0.05) is 31.6 Å². The molecule has 3 amide bonds. The Labute approximate surface area is 158 Å². The predicted molar refractivity (Wildman–Crippen MR) is 103 cm³/mol. The fourth-order valence-corrected chi connectivity index (χ4v) is 3.63. The van der Waals surface area contributed by atoms with Crippen molar-refractivity contribution in [1.82, 2.24) is 10.2 Å². The maximum atomic E-state index is 12.6. The molecule has 1 unspecified atom stereocenters. The third-order valence-corrected chi connectivity index (χ3v) is 5.03. The maximum absolute atomic E-state index is 12.6. The summed E-state index contributed by atoms with van der Waals surface area (Å²) in [4.78, 5) is 26.4. The number of ether oxygens (including phenoxy) is 1. The highest BCUT2D eigenvalue weighted by Gasteiger charge is 2.25.